The second kappa shape index (κ2) is 32.6. The normalized spacial score (nSPS) is 21.9. The number of aromatic nitrogens is 1. The summed E-state index contributed by atoms with van der Waals surface area (Å²) in [4.78, 5) is 38.0. The molecule has 1 aromatic heterocycles. The standard InChI is InChI=1S/C14H25NO2.C14H19NO2.C13H18N2O2.3C2H6/c2*1-11(16)17-14(12-7-3-2-4-8-12)13-9-5-6-10-15-13;1-10(16)17-13(11-6-2-4-8-14-11)12-7-3-5-9-15-12;3*1-2/h12-15H,2-10H2,1H3;2-4,7-8,13-15H,5-6,9-10H2,1H3;2,4,6,8,12-13,15H,3,5,7,9H2,1H3;3*1-2H3. The van der Waals surface area contributed by atoms with Gasteiger partial charge in [-0.05, 0) is 94.6 Å². The van der Waals surface area contributed by atoms with E-state index in [4.69, 9.17) is 14.2 Å². The Morgan fingerprint density at radius 1 is 0.526 bits per heavy atom. The van der Waals surface area contributed by atoms with Gasteiger partial charge in [-0.25, -0.2) is 0 Å². The summed E-state index contributed by atoms with van der Waals surface area (Å²) >= 11 is 0. The maximum Gasteiger partial charge on any atom is 0.303 e. The Balaban J connectivity index is 0.000000400. The number of nitrogens with zero attached hydrogens (tertiary/aromatic N) is 1. The minimum absolute atomic E-state index is 0.118. The molecule has 4 heterocycles. The molecule has 10 nitrogen and oxygen atoms in total. The fraction of sp³-hybridized carbons (Fsp3) is 0.702. The minimum atomic E-state index is -0.269. The molecule has 0 amide bonds. The number of esters is 3. The number of pyridine rings is 1. The Morgan fingerprint density at radius 2 is 0.965 bits per heavy atom. The molecule has 0 spiro atoms. The minimum Gasteiger partial charge on any atom is -0.461 e. The molecule has 6 atom stereocenters. The molecule has 2 aromatic rings. The average molecular weight is 797 g/mol. The molecular formula is C47H80N4O6. The number of nitrogens with one attached hydrogen (secondary N) is 3. The van der Waals surface area contributed by atoms with Crippen LogP contribution in [0, 0.1) is 5.92 Å². The van der Waals surface area contributed by atoms with Crippen LogP contribution in [0.3, 0.4) is 0 Å². The molecular weight excluding hydrogens is 717 g/mol. The topological polar surface area (TPSA) is 128 Å². The molecule has 3 N–H and O–H groups in total. The fourth-order valence-electron chi connectivity index (χ4n) is 7.87. The Labute approximate surface area is 346 Å². The zero-order valence-corrected chi connectivity index (χ0v) is 37.2. The van der Waals surface area contributed by atoms with Crippen molar-refractivity contribution in [3.63, 3.8) is 0 Å². The Kier molecular flexibility index (Phi) is 29.6. The van der Waals surface area contributed by atoms with Crippen molar-refractivity contribution in [2.24, 2.45) is 5.92 Å². The van der Waals surface area contributed by atoms with Crippen molar-refractivity contribution in [1.82, 2.24) is 20.9 Å². The predicted molar refractivity (Wildman–Crippen MR) is 233 cm³/mol. The lowest BCUT2D eigenvalue weighted by atomic mass is 9.81. The van der Waals surface area contributed by atoms with Crippen LogP contribution in [-0.4, -0.2) is 66.8 Å². The van der Waals surface area contributed by atoms with Crippen LogP contribution >= 0.6 is 0 Å². The van der Waals surface area contributed by atoms with E-state index >= 15 is 0 Å². The number of carbonyl (C=O) groups is 3. The number of piperidine rings is 3. The van der Waals surface area contributed by atoms with Gasteiger partial charge in [0.05, 0.1) is 5.69 Å². The lowest BCUT2D eigenvalue weighted by molar-refractivity contribution is -0.152. The van der Waals surface area contributed by atoms with Gasteiger partial charge in [-0.3, -0.25) is 19.4 Å². The van der Waals surface area contributed by atoms with Gasteiger partial charge in [0.15, 0.2) is 6.10 Å². The molecule has 324 valence electrons. The Morgan fingerprint density at radius 3 is 1.40 bits per heavy atom. The molecule has 3 aliphatic heterocycles. The first-order valence-electron chi connectivity index (χ1n) is 22.5. The molecule has 1 aliphatic carbocycles. The van der Waals surface area contributed by atoms with Crippen molar-refractivity contribution in [2.45, 2.75) is 189 Å². The first-order valence-corrected chi connectivity index (χ1v) is 22.5. The van der Waals surface area contributed by atoms with Gasteiger partial charge in [-0.2, -0.15) is 0 Å². The summed E-state index contributed by atoms with van der Waals surface area (Å²) in [5, 5.41) is 10.4. The maximum absolute atomic E-state index is 11.3. The van der Waals surface area contributed by atoms with E-state index in [1.807, 2.05) is 90.1 Å². The maximum atomic E-state index is 11.3. The summed E-state index contributed by atoms with van der Waals surface area (Å²) < 4.78 is 16.5. The van der Waals surface area contributed by atoms with E-state index in [2.05, 4.69) is 20.9 Å². The molecule has 1 aromatic carbocycles. The number of rotatable bonds is 9. The number of hydrogen-bond acceptors (Lipinski definition) is 10. The van der Waals surface area contributed by atoms with Crippen LogP contribution in [0.5, 0.6) is 0 Å². The second-order valence-corrected chi connectivity index (χ2v) is 14.4. The molecule has 4 fully saturated rings. The quantitative estimate of drug-likeness (QED) is 0.167. The first-order chi connectivity index (χ1) is 27.8. The van der Waals surface area contributed by atoms with Crippen molar-refractivity contribution in [1.29, 1.82) is 0 Å². The van der Waals surface area contributed by atoms with E-state index in [0.717, 1.165) is 50.2 Å². The van der Waals surface area contributed by atoms with Crippen molar-refractivity contribution in [3.8, 4) is 0 Å². The van der Waals surface area contributed by atoms with Gasteiger partial charge in [0.2, 0.25) is 0 Å². The van der Waals surface area contributed by atoms with E-state index < -0.39 is 0 Å². The first kappa shape index (κ1) is 51.7. The van der Waals surface area contributed by atoms with Crippen LogP contribution in [0.2, 0.25) is 0 Å². The highest BCUT2D eigenvalue weighted by molar-refractivity contribution is 5.67. The average Bonchev–Trinajstić information content (AvgIpc) is 3.28. The van der Waals surface area contributed by atoms with E-state index in [0.29, 0.717) is 12.0 Å². The van der Waals surface area contributed by atoms with Gasteiger partial charge < -0.3 is 30.2 Å². The monoisotopic (exact) mass is 797 g/mol. The Hall–Kier alpha value is -3.34. The third-order valence-electron chi connectivity index (χ3n) is 10.3. The molecule has 3 saturated heterocycles. The number of hydrogen-bond donors (Lipinski definition) is 3. The van der Waals surface area contributed by atoms with Crippen LogP contribution in [0.4, 0.5) is 0 Å². The zero-order valence-electron chi connectivity index (χ0n) is 37.2. The molecule has 4 aliphatic rings. The molecule has 6 rings (SSSR count). The summed E-state index contributed by atoms with van der Waals surface area (Å²) in [7, 11) is 0. The van der Waals surface area contributed by atoms with Gasteiger partial charge in [-0.1, -0.05) is 116 Å². The molecule has 0 radical (unpaired) electrons. The van der Waals surface area contributed by atoms with Crippen molar-refractivity contribution in [2.75, 3.05) is 19.6 Å². The SMILES string of the molecule is CC.CC.CC.CC(=O)OC(C1CCCCC1)C1CCCCN1.CC(=O)OC(c1ccccc1)C1CCCCN1.CC(=O)OC(c1ccccn1)C1CCCCN1. The number of ether oxygens (including phenoxy) is 3. The van der Waals surface area contributed by atoms with Crippen LogP contribution in [-0.2, 0) is 28.6 Å². The number of benzene rings is 1. The van der Waals surface area contributed by atoms with Crippen LogP contribution < -0.4 is 16.0 Å². The van der Waals surface area contributed by atoms with Gasteiger partial charge >= 0.3 is 17.9 Å². The lowest BCUT2D eigenvalue weighted by Gasteiger charge is -2.37. The largest absolute Gasteiger partial charge is 0.461 e. The van der Waals surface area contributed by atoms with Crippen molar-refractivity contribution >= 4 is 17.9 Å². The second-order valence-electron chi connectivity index (χ2n) is 14.4. The highest BCUT2D eigenvalue weighted by Gasteiger charge is 2.34. The Bertz CT molecular complexity index is 1180. The van der Waals surface area contributed by atoms with Crippen molar-refractivity contribution < 1.29 is 28.6 Å². The highest BCUT2D eigenvalue weighted by Crippen LogP contribution is 2.32. The van der Waals surface area contributed by atoms with E-state index in [1.54, 1.807) is 13.1 Å². The summed E-state index contributed by atoms with van der Waals surface area (Å²) in [6.07, 6.45) is 18.4. The molecule has 6 unspecified atom stereocenters. The van der Waals surface area contributed by atoms with Crippen LogP contribution in [0.25, 0.3) is 0 Å². The lowest BCUT2D eigenvalue weighted by Crippen LogP contribution is -2.48. The van der Waals surface area contributed by atoms with E-state index in [9.17, 15) is 14.4 Å². The summed E-state index contributed by atoms with van der Waals surface area (Å²) in [6.45, 7) is 19.5. The molecule has 10 heteroatoms. The smallest absolute Gasteiger partial charge is 0.303 e. The van der Waals surface area contributed by atoms with Crippen molar-refractivity contribution in [3.05, 3.63) is 66.0 Å². The zero-order chi connectivity index (χ0) is 42.3. The van der Waals surface area contributed by atoms with Gasteiger partial charge in [0.1, 0.15) is 12.2 Å². The summed E-state index contributed by atoms with van der Waals surface area (Å²) in [6, 6.07) is 16.5. The molecule has 1 saturated carbocycles. The third-order valence-corrected chi connectivity index (χ3v) is 10.3. The van der Waals surface area contributed by atoms with Crippen LogP contribution in [0.1, 0.15) is 176 Å². The van der Waals surface area contributed by atoms with Gasteiger partial charge in [0.25, 0.3) is 0 Å². The van der Waals surface area contributed by atoms with E-state index in [-0.39, 0.29) is 48.3 Å². The summed E-state index contributed by atoms with van der Waals surface area (Å²) in [5.41, 5.74) is 1.89. The fourth-order valence-corrected chi connectivity index (χ4v) is 7.87. The van der Waals surface area contributed by atoms with Crippen LogP contribution in [0.15, 0.2) is 54.7 Å². The van der Waals surface area contributed by atoms with E-state index in [1.165, 1.54) is 84.5 Å². The molecule has 0 bridgehead atoms. The highest BCUT2D eigenvalue weighted by atomic mass is 16.6. The van der Waals surface area contributed by atoms with Gasteiger partial charge in [-0.15, -0.1) is 0 Å². The predicted octanol–water partition coefficient (Wildman–Crippen LogP) is 9.98. The van der Waals surface area contributed by atoms with Gasteiger partial charge in [0, 0.05) is 45.1 Å². The summed E-state index contributed by atoms with van der Waals surface area (Å²) in [5.74, 6) is -0.00421. The third kappa shape index (κ3) is 20.8. The molecule has 57 heavy (non-hydrogen) atoms. The number of carbonyl (C=O) groups excluding carboxylic acids is 3.